The second-order valence-corrected chi connectivity index (χ2v) is 9.35. The molecule has 1 aliphatic heterocycles. The smallest absolute Gasteiger partial charge is 0.252 e. The molecule has 2 fully saturated rings. The summed E-state index contributed by atoms with van der Waals surface area (Å²) in [6.07, 6.45) is 8.36. The van der Waals surface area contributed by atoms with Crippen LogP contribution in [0.4, 0.5) is 0 Å². The number of fused-ring (bicyclic) bond motifs is 1. The minimum Gasteiger partial charge on any atom is -0.377 e. The molecule has 1 N–H and O–H groups in total. The summed E-state index contributed by atoms with van der Waals surface area (Å²) in [7, 11) is 0. The number of aromatic nitrogens is 5. The van der Waals surface area contributed by atoms with Gasteiger partial charge in [-0.15, -0.1) is 5.10 Å². The van der Waals surface area contributed by atoms with Gasteiger partial charge >= 0.3 is 0 Å². The van der Waals surface area contributed by atoms with E-state index in [1.807, 2.05) is 23.7 Å². The van der Waals surface area contributed by atoms with Crippen LogP contribution in [0.5, 0.6) is 0 Å². The zero-order chi connectivity index (χ0) is 21.9. The van der Waals surface area contributed by atoms with Crippen LogP contribution in [0.3, 0.4) is 0 Å². The van der Waals surface area contributed by atoms with Crippen LogP contribution < -0.4 is 5.56 Å². The summed E-state index contributed by atoms with van der Waals surface area (Å²) in [5, 5.41) is 13.7. The molecule has 8 heteroatoms. The number of rotatable bonds is 7. The van der Waals surface area contributed by atoms with Crippen LogP contribution in [0.15, 0.2) is 29.1 Å². The van der Waals surface area contributed by atoms with E-state index in [0.717, 1.165) is 66.7 Å². The third-order valence-electron chi connectivity index (χ3n) is 6.80. The number of hydrogen-bond donors (Lipinski definition) is 1. The number of pyridine rings is 1. The van der Waals surface area contributed by atoms with E-state index in [1.165, 1.54) is 19.3 Å². The fourth-order valence-electron chi connectivity index (χ4n) is 5.11. The monoisotopic (exact) mass is 436 g/mol. The van der Waals surface area contributed by atoms with E-state index in [9.17, 15) is 4.79 Å². The van der Waals surface area contributed by atoms with E-state index in [2.05, 4.69) is 37.5 Å². The SMILES string of the molecule is Cc1ccc2cc(CN(Cc3nnnn3C3CCCCC3)C[C@H]3CCCO3)c(=O)[nH]c2c1. The summed E-state index contributed by atoms with van der Waals surface area (Å²) in [6.45, 7) is 4.76. The fourth-order valence-corrected chi connectivity index (χ4v) is 5.11. The van der Waals surface area contributed by atoms with Crippen molar-refractivity contribution in [1.29, 1.82) is 0 Å². The topological polar surface area (TPSA) is 88.9 Å². The number of nitrogens with zero attached hydrogens (tertiary/aromatic N) is 5. The first-order chi connectivity index (χ1) is 15.7. The molecule has 0 unspecified atom stereocenters. The minimum absolute atomic E-state index is 0.0349. The quantitative estimate of drug-likeness (QED) is 0.610. The summed E-state index contributed by atoms with van der Waals surface area (Å²) in [6, 6.07) is 8.56. The summed E-state index contributed by atoms with van der Waals surface area (Å²) >= 11 is 0. The molecule has 0 bridgehead atoms. The average molecular weight is 437 g/mol. The van der Waals surface area contributed by atoms with Gasteiger partial charge in [-0.2, -0.15) is 0 Å². The van der Waals surface area contributed by atoms with Crippen molar-refractivity contribution >= 4 is 10.9 Å². The van der Waals surface area contributed by atoms with Crippen LogP contribution in [-0.2, 0) is 17.8 Å². The van der Waals surface area contributed by atoms with Crippen molar-refractivity contribution in [1.82, 2.24) is 30.1 Å². The maximum absolute atomic E-state index is 12.9. The maximum Gasteiger partial charge on any atom is 0.252 e. The molecular weight excluding hydrogens is 404 g/mol. The van der Waals surface area contributed by atoms with Gasteiger partial charge in [-0.3, -0.25) is 9.69 Å². The zero-order valence-corrected chi connectivity index (χ0v) is 18.8. The molecule has 5 rings (SSSR count). The molecule has 1 aromatic carbocycles. The Labute approximate surface area is 188 Å². The lowest BCUT2D eigenvalue weighted by Crippen LogP contribution is -2.34. The Morgan fingerprint density at radius 3 is 2.81 bits per heavy atom. The number of nitrogens with one attached hydrogen (secondary N) is 1. The van der Waals surface area contributed by atoms with E-state index in [1.54, 1.807) is 0 Å². The number of aryl methyl sites for hydroxylation is 1. The standard InChI is InChI=1S/C24H32N6O2/c1-17-9-10-18-13-19(24(31)25-22(18)12-17)14-29(15-21-8-5-11-32-21)16-23-26-27-28-30(23)20-6-3-2-4-7-20/h9-10,12-13,20-21H,2-8,11,14-16H2,1H3,(H,25,31)/t21-/m1/s1. The molecule has 3 aromatic rings. The first-order valence-electron chi connectivity index (χ1n) is 11.9. The molecule has 0 radical (unpaired) electrons. The maximum atomic E-state index is 12.9. The molecule has 1 saturated carbocycles. The Morgan fingerprint density at radius 2 is 2.00 bits per heavy atom. The number of aromatic amines is 1. The Kier molecular flexibility index (Phi) is 6.32. The normalized spacial score (nSPS) is 19.9. The van der Waals surface area contributed by atoms with E-state index in [-0.39, 0.29) is 11.7 Å². The minimum atomic E-state index is -0.0349. The predicted octanol–water partition coefficient (Wildman–Crippen LogP) is 3.51. The van der Waals surface area contributed by atoms with Gasteiger partial charge < -0.3 is 9.72 Å². The lowest BCUT2D eigenvalue weighted by Gasteiger charge is -2.27. The van der Waals surface area contributed by atoms with Crippen molar-refractivity contribution in [3.05, 3.63) is 51.6 Å². The molecule has 1 saturated heterocycles. The molecule has 2 aliphatic rings. The van der Waals surface area contributed by atoms with Crippen LogP contribution in [-0.4, -0.2) is 49.3 Å². The van der Waals surface area contributed by atoms with Crippen molar-refractivity contribution in [2.24, 2.45) is 0 Å². The van der Waals surface area contributed by atoms with Crippen molar-refractivity contribution in [3.63, 3.8) is 0 Å². The highest BCUT2D eigenvalue weighted by atomic mass is 16.5. The summed E-state index contributed by atoms with van der Waals surface area (Å²) < 4.78 is 7.94. The molecule has 0 amide bonds. The average Bonchev–Trinajstić information content (AvgIpc) is 3.47. The highest BCUT2D eigenvalue weighted by Gasteiger charge is 2.25. The molecule has 3 heterocycles. The predicted molar refractivity (Wildman–Crippen MR) is 122 cm³/mol. The largest absolute Gasteiger partial charge is 0.377 e. The van der Waals surface area contributed by atoms with Crippen LogP contribution in [0.25, 0.3) is 10.9 Å². The van der Waals surface area contributed by atoms with Crippen molar-refractivity contribution in [2.45, 2.75) is 77.1 Å². The highest BCUT2D eigenvalue weighted by Crippen LogP contribution is 2.28. The molecule has 1 atom stereocenters. The van der Waals surface area contributed by atoms with Crippen molar-refractivity contribution < 1.29 is 4.74 Å². The zero-order valence-electron chi connectivity index (χ0n) is 18.8. The number of ether oxygens (including phenoxy) is 1. The lowest BCUT2D eigenvalue weighted by molar-refractivity contribution is 0.0659. The Bertz CT molecular complexity index is 1110. The molecule has 0 spiro atoms. The van der Waals surface area contributed by atoms with E-state index >= 15 is 0 Å². The molecule has 1 aliphatic carbocycles. The molecule has 32 heavy (non-hydrogen) atoms. The van der Waals surface area contributed by atoms with Gasteiger partial charge in [0.05, 0.1) is 18.7 Å². The van der Waals surface area contributed by atoms with E-state index in [0.29, 0.717) is 19.1 Å². The van der Waals surface area contributed by atoms with Crippen molar-refractivity contribution in [3.8, 4) is 0 Å². The second-order valence-electron chi connectivity index (χ2n) is 9.35. The molecule has 8 nitrogen and oxygen atoms in total. The molecule has 170 valence electrons. The van der Waals surface area contributed by atoms with Gasteiger partial charge in [0.25, 0.3) is 5.56 Å². The van der Waals surface area contributed by atoms with Gasteiger partial charge in [-0.1, -0.05) is 31.4 Å². The highest BCUT2D eigenvalue weighted by molar-refractivity contribution is 5.79. The summed E-state index contributed by atoms with van der Waals surface area (Å²) in [5.74, 6) is 0.878. The number of H-pyrrole nitrogens is 1. The van der Waals surface area contributed by atoms with Gasteiger partial charge in [0.2, 0.25) is 0 Å². The first-order valence-corrected chi connectivity index (χ1v) is 11.9. The van der Waals surface area contributed by atoms with E-state index < -0.39 is 0 Å². The Balaban J connectivity index is 1.40. The third kappa shape index (κ3) is 4.76. The van der Waals surface area contributed by atoms with E-state index in [4.69, 9.17) is 4.74 Å². The van der Waals surface area contributed by atoms with Crippen molar-refractivity contribution in [2.75, 3.05) is 13.2 Å². The third-order valence-corrected chi connectivity index (χ3v) is 6.80. The van der Waals surface area contributed by atoms with Crippen LogP contribution in [0.2, 0.25) is 0 Å². The molecule has 2 aromatic heterocycles. The van der Waals surface area contributed by atoms with Crippen LogP contribution >= 0.6 is 0 Å². The fraction of sp³-hybridized carbons (Fsp3) is 0.583. The Morgan fingerprint density at radius 1 is 1.12 bits per heavy atom. The summed E-state index contributed by atoms with van der Waals surface area (Å²) in [5.41, 5.74) is 2.74. The van der Waals surface area contributed by atoms with Gasteiger partial charge in [0.15, 0.2) is 5.82 Å². The second kappa shape index (κ2) is 9.50. The summed E-state index contributed by atoms with van der Waals surface area (Å²) in [4.78, 5) is 18.2. The first kappa shape index (κ1) is 21.3. The van der Waals surface area contributed by atoms with Gasteiger partial charge in [0.1, 0.15) is 0 Å². The van der Waals surface area contributed by atoms with Gasteiger partial charge in [0, 0.05) is 30.8 Å². The lowest BCUT2D eigenvalue weighted by atomic mass is 9.95. The van der Waals surface area contributed by atoms with Crippen LogP contribution in [0, 0.1) is 6.92 Å². The van der Waals surface area contributed by atoms with Gasteiger partial charge in [-0.05, 0) is 66.1 Å². The Hall–Kier alpha value is -2.58. The number of benzene rings is 1. The molecular formula is C24H32N6O2. The van der Waals surface area contributed by atoms with Gasteiger partial charge in [-0.25, -0.2) is 4.68 Å². The van der Waals surface area contributed by atoms with Crippen LogP contribution in [0.1, 0.15) is 67.9 Å². The number of hydrogen-bond acceptors (Lipinski definition) is 6. The number of tetrazole rings is 1.